The molecule has 1 aliphatic heterocycles. The first kappa shape index (κ1) is 15.6. The van der Waals surface area contributed by atoms with E-state index in [1.807, 2.05) is 21.8 Å². The van der Waals surface area contributed by atoms with Crippen LogP contribution in [0.5, 0.6) is 0 Å². The number of rotatable bonds is 4. The quantitative estimate of drug-likeness (QED) is 0.867. The zero-order valence-electron chi connectivity index (χ0n) is 13.8. The molecule has 1 fully saturated rings. The monoisotopic (exact) mass is 313 g/mol. The number of aryl methyl sites for hydroxylation is 1. The van der Waals surface area contributed by atoms with Crippen molar-refractivity contribution in [2.45, 2.75) is 39.7 Å². The summed E-state index contributed by atoms with van der Waals surface area (Å²) in [6, 6.07) is 1.97. The lowest BCUT2D eigenvalue weighted by molar-refractivity contribution is -0.130. The largest absolute Gasteiger partial charge is 0.343 e. The van der Waals surface area contributed by atoms with Gasteiger partial charge in [0.05, 0.1) is 17.6 Å². The van der Waals surface area contributed by atoms with Crippen molar-refractivity contribution in [3.63, 3.8) is 0 Å². The zero-order chi connectivity index (χ0) is 16.2. The molecule has 3 heterocycles. The van der Waals surface area contributed by atoms with Gasteiger partial charge in [0.25, 0.3) is 0 Å². The first-order valence-corrected chi connectivity index (χ1v) is 8.26. The van der Waals surface area contributed by atoms with Crippen LogP contribution in [0, 0.1) is 5.92 Å². The van der Waals surface area contributed by atoms with Gasteiger partial charge in [0.15, 0.2) is 0 Å². The maximum absolute atomic E-state index is 11.4. The fourth-order valence-electron chi connectivity index (χ4n) is 3.18. The molecule has 0 aliphatic carbocycles. The van der Waals surface area contributed by atoms with Gasteiger partial charge in [0, 0.05) is 39.0 Å². The van der Waals surface area contributed by atoms with Gasteiger partial charge in [-0.05, 0) is 38.2 Å². The SMILES string of the molecule is CCn1nccc1-c1cncc(CC2CCN(C(C)=O)CC2)n1. The van der Waals surface area contributed by atoms with Crippen molar-refractivity contribution in [1.82, 2.24) is 24.6 Å². The number of amides is 1. The Morgan fingerprint density at radius 2 is 2.09 bits per heavy atom. The molecule has 0 N–H and O–H groups in total. The Balaban J connectivity index is 1.68. The molecule has 23 heavy (non-hydrogen) atoms. The molecule has 6 nitrogen and oxygen atoms in total. The van der Waals surface area contributed by atoms with Crippen molar-refractivity contribution in [2.75, 3.05) is 13.1 Å². The van der Waals surface area contributed by atoms with Crippen molar-refractivity contribution in [1.29, 1.82) is 0 Å². The molecule has 2 aromatic rings. The van der Waals surface area contributed by atoms with Crippen molar-refractivity contribution in [3.8, 4) is 11.4 Å². The third kappa shape index (κ3) is 3.57. The topological polar surface area (TPSA) is 63.9 Å². The van der Waals surface area contributed by atoms with Gasteiger partial charge in [-0.1, -0.05) is 0 Å². The average molecular weight is 313 g/mol. The summed E-state index contributed by atoms with van der Waals surface area (Å²) in [5.74, 6) is 0.754. The van der Waals surface area contributed by atoms with Gasteiger partial charge in [-0.2, -0.15) is 5.10 Å². The average Bonchev–Trinajstić information content (AvgIpc) is 3.04. The predicted molar refractivity (Wildman–Crippen MR) is 87.6 cm³/mol. The maximum atomic E-state index is 11.4. The first-order chi connectivity index (χ1) is 11.2. The van der Waals surface area contributed by atoms with Crippen LogP contribution in [-0.2, 0) is 17.8 Å². The summed E-state index contributed by atoms with van der Waals surface area (Å²) in [4.78, 5) is 22.4. The molecule has 0 saturated carbocycles. The molecule has 0 aromatic carbocycles. The number of nitrogens with zero attached hydrogens (tertiary/aromatic N) is 5. The smallest absolute Gasteiger partial charge is 0.219 e. The van der Waals surface area contributed by atoms with Crippen LogP contribution in [-0.4, -0.2) is 43.6 Å². The van der Waals surface area contributed by atoms with E-state index in [0.29, 0.717) is 5.92 Å². The summed E-state index contributed by atoms with van der Waals surface area (Å²) >= 11 is 0. The molecule has 1 aliphatic rings. The summed E-state index contributed by atoms with van der Waals surface area (Å²) in [6.45, 7) is 6.24. The molecule has 2 aromatic heterocycles. The second kappa shape index (κ2) is 6.89. The first-order valence-electron chi connectivity index (χ1n) is 8.26. The Morgan fingerprint density at radius 3 is 2.78 bits per heavy atom. The summed E-state index contributed by atoms with van der Waals surface area (Å²) < 4.78 is 1.93. The minimum Gasteiger partial charge on any atom is -0.343 e. The van der Waals surface area contributed by atoms with Crippen molar-refractivity contribution >= 4 is 5.91 Å². The lowest BCUT2D eigenvalue weighted by atomic mass is 9.92. The third-order valence-corrected chi connectivity index (χ3v) is 4.52. The van der Waals surface area contributed by atoms with Crippen LogP contribution in [0.2, 0.25) is 0 Å². The number of carbonyl (C=O) groups is 1. The van der Waals surface area contributed by atoms with Gasteiger partial charge in [0.1, 0.15) is 5.69 Å². The second-order valence-corrected chi connectivity index (χ2v) is 6.08. The minimum atomic E-state index is 0.179. The summed E-state index contributed by atoms with van der Waals surface area (Å²) in [7, 11) is 0. The number of hydrogen-bond acceptors (Lipinski definition) is 4. The Kier molecular flexibility index (Phi) is 4.69. The highest BCUT2D eigenvalue weighted by Gasteiger charge is 2.21. The Hall–Kier alpha value is -2.24. The molecule has 6 heteroatoms. The number of likely N-dealkylation sites (tertiary alicyclic amines) is 1. The fraction of sp³-hybridized carbons (Fsp3) is 0.529. The van der Waals surface area contributed by atoms with E-state index in [1.54, 1.807) is 19.3 Å². The molecule has 3 rings (SSSR count). The van der Waals surface area contributed by atoms with Gasteiger partial charge in [0.2, 0.25) is 5.91 Å². The van der Waals surface area contributed by atoms with E-state index in [0.717, 1.165) is 56.0 Å². The van der Waals surface area contributed by atoms with Gasteiger partial charge in [-0.3, -0.25) is 14.5 Å². The maximum Gasteiger partial charge on any atom is 0.219 e. The highest BCUT2D eigenvalue weighted by Crippen LogP contribution is 2.22. The lowest BCUT2D eigenvalue weighted by Crippen LogP contribution is -2.37. The van der Waals surface area contributed by atoms with Crippen LogP contribution in [0.1, 0.15) is 32.4 Å². The fourth-order valence-corrected chi connectivity index (χ4v) is 3.18. The van der Waals surface area contributed by atoms with Crippen molar-refractivity contribution in [2.24, 2.45) is 5.92 Å². The van der Waals surface area contributed by atoms with E-state index in [2.05, 4.69) is 17.0 Å². The van der Waals surface area contributed by atoms with E-state index < -0.39 is 0 Å². The van der Waals surface area contributed by atoms with Crippen molar-refractivity contribution in [3.05, 3.63) is 30.4 Å². The molecule has 1 saturated heterocycles. The summed E-state index contributed by atoms with van der Waals surface area (Å²) in [5.41, 5.74) is 2.91. The minimum absolute atomic E-state index is 0.179. The van der Waals surface area contributed by atoms with Crippen LogP contribution < -0.4 is 0 Å². The van der Waals surface area contributed by atoms with Crippen molar-refractivity contribution < 1.29 is 4.79 Å². The Labute approximate surface area is 136 Å². The molecule has 122 valence electrons. The molecule has 0 radical (unpaired) electrons. The normalized spacial score (nSPS) is 15.8. The number of piperidine rings is 1. The third-order valence-electron chi connectivity index (χ3n) is 4.52. The molecule has 0 unspecified atom stereocenters. The molecular formula is C17H23N5O. The number of hydrogen-bond donors (Lipinski definition) is 0. The zero-order valence-corrected chi connectivity index (χ0v) is 13.8. The summed E-state index contributed by atoms with van der Waals surface area (Å²) in [6.07, 6.45) is 8.45. The standard InChI is InChI=1S/C17H23N5O/c1-3-22-17(4-7-19-22)16-12-18-11-15(20-16)10-14-5-8-21(9-6-14)13(2)23/h4,7,11-12,14H,3,5-6,8-10H2,1-2H3. The highest BCUT2D eigenvalue weighted by molar-refractivity contribution is 5.73. The van der Waals surface area contributed by atoms with E-state index in [9.17, 15) is 4.79 Å². The molecule has 1 amide bonds. The molecule has 0 bridgehead atoms. The molecular weight excluding hydrogens is 290 g/mol. The van der Waals surface area contributed by atoms with Gasteiger partial charge >= 0.3 is 0 Å². The number of aromatic nitrogens is 4. The Bertz CT molecular complexity index is 673. The number of carbonyl (C=O) groups excluding carboxylic acids is 1. The van der Waals surface area contributed by atoms with Gasteiger partial charge in [-0.25, -0.2) is 4.98 Å². The lowest BCUT2D eigenvalue weighted by Gasteiger charge is -2.31. The van der Waals surface area contributed by atoms with Crippen LogP contribution in [0.4, 0.5) is 0 Å². The van der Waals surface area contributed by atoms with Gasteiger partial charge in [-0.15, -0.1) is 0 Å². The van der Waals surface area contributed by atoms with Crippen LogP contribution in [0.25, 0.3) is 11.4 Å². The molecule has 0 atom stereocenters. The highest BCUT2D eigenvalue weighted by atomic mass is 16.2. The van der Waals surface area contributed by atoms with Crippen LogP contribution in [0.15, 0.2) is 24.7 Å². The summed E-state index contributed by atoms with van der Waals surface area (Å²) in [5, 5.41) is 4.29. The van der Waals surface area contributed by atoms with E-state index in [1.165, 1.54) is 0 Å². The van der Waals surface area contributed by atoms with Crippen LogP contribution in [0.3, 0.4) is 0 Å². The van der Waals surface area contributed by atoms with E-state index >= 15 is 0 Å². The Morgan fingerprint density at radius 1 is 1.30 bits per heavy atom. The predicted octanol–water partition coefficient (Wildman–Crippen LogP) is 2.16. The van der Waals surface area contributed by atoms with E-state index in [-0.39, 0.29) is 5.91 Å². The molecule has 0 spiro atoms. The van der Waals surface area contributed by atoms with E-state index in [4.69, 9.17) is 4.98 Å². The second-order valence-electron chi connectivity index (χ2n) is 6.08. The van der Waals surface area contributed by atoms with Gasteiger partial charge < -0.3 is 4.90 Å². The van der Waals surface area contributed by atoms with Crippen LogP contribution >= 0.6 is 0 Å².